The number of benzene rings is 1. The van der Waals surface area contributed by atoms with Crippen LogP contribution < -0.4 is 5.32 Å². The molecule has 0 spiro atoms. The molecule has 1 amide bonds. The number of hydrogen-bond donors (Lipinski definition) is 1. The highest BCUT2D eigenvalue weighted by Gasteiger charge is 2.20. The zero-order valence-corrected chi connectivity index (χ0v) is 11.7. The zero-order chi connectivity index (χ0) is 15.6. The molecule has 0 fully saturated rings. The van der Waals surface area contributed by atoms with Crippen molar-refractivity contribution in [2.24, 2.45) is 0 Å². The maximum Gasteiger partial charge on any atom is 0.307 e. The van der Waals surface area contributed by atoms with Crippen LogP contribution in [0.3, 0.4) is 0 Å². The van der Waals surface area contributed by atoms with Crippen LogP contribution in [0.4, 0.5) is 20.2 Å². The van der Waals surface area contributed by atoms with Crippen LogP contribution in [-0.4, -0.2) is 15.8 Å². The summed E-state index contributed by atoms with van der Waals surface area (Å²) < 4.78 is 27.0. The standard InChI is InChI=1S/C12H6BrF2N3O3/c13-11-6(2-1-3-16-11)12(19)17-9-5-10(18(20)21)8(15)4-7(9)14/h1-5H,(H,17,19). The molecule has 0 bridgehead atoms. The number of nitro benzene ring substituents is 1. The van der Waals surface area contributed by atoms with Gasteiger partial charge in [-0.2, -0.15) is 4.39 Å². The van der Waals surface area contributed by atoms with E-state index in [9.17, 15) is 23.7 Å². The molecule has 1 aromatic heterocycles. The number of amides is 1. The number of anilines is 1. The largest absolute Gasteiger partial charge is 0.319 e. The Morgan fingerprint density at radius 3 is 2.67 bits per heavy atom. The second-order valence-corrected chi connectivity index (χ2v) is 4.59. The van der Waals surface area contributed by atoms with Gasteiger partial charge in [-0.15, -0.1) is 0 Å². The summed E-state index contributed by atoms with van der Waals surface area (Å²) in [5, 5.41) is 12.7. The Kier molecular flexibility index (Phi) is 4.22. The Bertz CT molecular complexity index is 740. The Hall–Kier alpha value is -2.42. The second kappa shape index (κ2) is 5.92. The lowest BCUT2D eigenvalue weighted by Crippen LogP contribution is -2.14. The van der Waals surface area contributed by atoms with E-state index in [2.05, 4.69) is 26.2 Å². The van der Waals surface area contributed by atoms with Crippen molar-refractivity contribution in [2.45, 2.75) is 0 Å². The van der Waals surface area contributed by atoms with Gasteiger partial charge >= 0.3 is 5.69 Å². The van der Waals surface area contributed by atoms with Gasteiger partial charge in [-0.05, 0) is 28.1 Å². The quantitative estimate of drug-likeness (QED) is 0.518. The first-order chi connectivity index (χ1) is 9.90. The number of hydrogen-bond acceptors (Lipinski definition) is 4. The van der Waals surface area contributed by atoms with Crippen LogP contribution >= 0.6 is 15.9 Å². The Morgan fingerprint density at radius 1 is 1.33 bits per heavy atom. The first kappa shape index (κ1) is 15.0. The van der Waals surface area contributed by atoms with Gasteiger partial charge in [-0.3, -0.25) is 14.9 Å². The van der Waals surface area contributed by atoms with E-state index in [0.29, 0.717) is 12.1 Å². The number of nitrogens with one attached hydrogen (secondary N) is 1. The third-order valence-electron chi connectivity index (χ3n) is 2.49. The van der Waals surface area contributed by atoms with E-state index in [1.807, 2.05) is 0 Å². The molecule has 0 atom stereocenters. The number of nitro groups is 1. The summed E-state index contributed by atoms with van der Waals surface area (Å²) in [7, 11) is 0. The summed E-state index contributed by atoms with van der Waals surface area (Å²) in [6.07, 6.45) is 1.43. The zero-order valence-electron chi connectivity index (χ0n) is 10.1. The summed E-state index contributed by atoms with van der Waals surface area (Å²) in [6.45, 7) is 0. The van der Waals surface area contributed by atoms with Crippen LogP contribution in [0.15, 0.2) is 35.1 Å². The molecule has 1 aromatic carbocycles. The molecule has 0 saturated heterocycles. The molecule has 2 rings (SSSR count). The Balaban J connectivity index is 2.36. The van der Waals surface area contributed by atoms with Crippen molar-refractivity contribution in [3.63, 3.8) is 0 Å². The molecule has 6 nitrogen and oxygen atoms in total. The smallest absolute Gasteiger partial charge is 0.307 e. The SMILES string of the molecule is O=C(Nc1cc([N+](=O)[O-])c(F)cc1F)c1cccnc1Br. The number of carbonyl (C=O) groups is 1. The highest BCUT2D eigenvalue weighted by Crippen LogP contribution is 2.26. The van der Waals surface area contributed by atoms with Crippen molar-refractivity contribution in [1.29, 1.82) is 0 Å². The lowest BCUT2D eigenvalue weighted by molar-refractivity contribution is -0.387. The van der Waals surface area contributed by atoms with Crippen LogP contribution in [0, 0.1) is 21.7 Å². The molecule has 0 unspecified atom stereocenters. The van der Waals surface area contributed by atoms with Crippen LogP contribution in [-0.2, 0) is 0 Å². The number of nitrogens with zero attached hydrogens (tertiary/aromatic N) is 2. The van der Waals surface area contributed by atoms with Gasteiger partial charge in [0.2, 0.25) is 5.82 Å². The summed E-state index contributed by atoms with van der Waals surface area (Å²) >= 11 is 3.04. The van der Waals surface area contributed by atoms with Gasteiger partial charge in [-0.25, -0.2) is 9.37 Å². The Labute approximate surface area is 125 Å². The van der Waals surface area contributed by atoms with Crippen molar-refractivity contribution in [2.75, 3.05) is 5.32 Å². The molecular weight excluding hydrogens is 352 g/mol. The number of pyridine rings is 1. The highest BCUT2D eigenvalue weighted by molar-refractivity contribution is 9.10. The minimum atomic E-state index is -1.32. The van der Waals surface area contributed by atoms with Crippen LogP contribution in [0.5, 0.6) is 0 Å². The number of halogens is 3. The molecule has 1 N–H and O–H groups in total. The van der Waals surface area contributed by atoms with Gasteiger partial charge in [-0.1, -0.05) is 0 Å². The third kappa shape index (κ3) is 3.19. The Morgan fingerprint density at radius 2 is 2.05 bits per heavy atom. The van der Waals surface area contributed by atoms with E-state index in [0.717, 1.165) is 0 Å². The van der Waals surface area contributed by atoms with Crippen molar-refractivity contribution >= 4 is 33.2 Å². The molecule has 21 heavy (non-hydrogen) atoms. The van der Waals surface area contributed by atoms with E-state index < -0.39 is 33.8 Å². The van der Waals surface area contributed by atoms with Gasteiger partial charge in [0.05, 0.1) is 16.2 Å². The molecule has 0 saturated carbocycles. The predicted octanol–water partition coefficient (Wildman–Crippen LogP) is 3.28. The van der Waals surface area contributed by atoms with E-state index in [-0.39, 0.29) is 10.2 Å². The maximum atomic E-state index is 13.6. The molecule has 0 aliphatic rings. The summed E-state index contributed by atoms with van der Waals surface area (Å²) in [4.78, 5) is 25.4. The van der Waals surface area contributed by atoms with Gasteiger partial charge in [0.25, 0.3) is 5.91 Å². The normalized spacial score (nSPS) is 10.2. The average molecular weight is 358 g/mol. The summed E-state index contributed by atoms with van der Waals surface area (Å²) in [6, 6.07) is 3.87. The third-order valence-corrected chi connectivity index (χ3v) is 3.12. The number of aromatic nitrogens is 1. The molecule has 0 aliphatic carbocycles. The molecule has 0 aliphatic heterocycles. The van der Waals surface area contributed by atoms with E-state index in [4.69, 9.17) is 0 Å². The number of rotatable bonds is 3. The fraction of sp³-hybridized carbons (Fsp3) is 0. The second-order valence-electron chi connectivity index (χ2n) is 3.84. The summed E-state index contributed by atoms with van der Waals surface area (Å²) in [5.74, 6) is -3.18. The molecule has 9 heteroatoms. The molecule has 0 radical (unpaired) electrons. The molecular formula is C12H6BrF2N3O3. The lowest BCUT2D eigenvalue weighted by atomic mass is 10.2. The lowest BCUT2D eigenvalue weighted by Gasteiger charge is -2.07. The van der Waals surface area contributed by atoms with E-state index >= 15 is 0 Å². The summed E-state index contributed by atoms with van der Waals surface area (Å²) in [5.41, 5.74) is -1.33. The topological polar surface area (TPSA) is 85.1 Å². The van der Waals surface area contributed by atoms with Crippen LogP contribution in [0.25, 0.3) is 0 Å². The van der Waals surface area contributed by atoms with Crippen molar-refractivity contribution in [1.82, 2.24) is 4.98 Å². The van der Waals surface area contributed by atoms with Crippen molar-refractivity contribution in [3.05, 3.63) is 62.4 Å². The number of carbonyl (C=O) groups excluding carboxylic acids is 1. The highest BCUT2D eigenvalue weighted by atomic mass is 79.9. The first-order valence-corrected chi connectivity index (χ1v) is 6.24. The fourth-order valence-electron chi connectivity index (χ4n) is 1.52. The van der Waals surface area contributed by atoms with Gasteiger partial charge in [0.15, 0.2) is 0 Å². The van der Waals surface area contributed by atoms with Crippen LogP contribution in [0.1, 0.15) is 10.4 Å². The van der Waals surface area contributed by atoms with Gasteiger partial charge < -0.3 is 5.32 Å². The van der Waals surface area contributed by atoms with Crippen LogP contribution in [0.2, 0.25) is 0 Å². The minimum Gasteiger partial charge on any atom is -0.319 e. The molecule has 108 valence electrons. The fourth-order valence-corrected chi connectivity index (χ4v) is 1.95. The van der Waals surface area contributed by atoms with Gasteiger partial charge in [0, 0.05) is 18.3 Å². The predicted molar refractivity (Wildman–Crippen MR) is 72.9 cm³/mol. The maximum absolute atomic E-state index is 13.6. The monoisotopic (exact) mass is 357 g/mol. The average Bonchev–Trinajstić information content (AvgIpc) is 2.41. The van der Waals surface area contributed by atoms with E-state index in [1.54, 1.807) is 0 Å². The molecule has 2 aromatic rings. The van der Waals surface area contributed by atoms with Crippen molar-refractivity contribution < 1.29 is 18.5 Å². The van der Waals surface area contributed by atoms with Crippen molar-refractivity contribution in [3.8, 4) is 0 Å². The van der Waals surface area contributed by atoms with E-state index in [1.165, 1.54) is 18.3 Å². The molecule has 1 heterocycles. The minimum absolute atomic E-state index is 0.101. The first-order valence-electron chi connectivity index (χ1n) is 5.45. The van der Waals surface area contributed by atoms with Gasteiger partial charge in [0.1, 0.15) is 10.4 Å².